The summed E-state index contributed by atoms with van der Waals surface area (Å²) in [7, 11) is 0. The maximum Gasteiger partial charge on any atom is 0.284 e. The molecule has 0 aliphatic carbocycles. The fraction of sp³-hybridized carbons (Fsp3) is 0.625. The predicted molar refractivity (Wildman–Crippen MR) is 42.1 cm³/mol. The van der Waals surface area contributed by atoms with Gasteiger partial charge in [0.25, 0.3) is 6.33 Å². The fourth-order valence-electron chi connectivity index (χ4n) is 0.882. The number of rotatable bonds is 3. The summed E-state index contributed by atoms with van der Waals surface area (Å²) in [4.78, 5) is 5.23. The van der Waals surface area contributed by atoms with Crippen LogP contribution in [-0.4, -0.2) is 11.3 Å². The van der Waals surface area contributed by atoms with E-state index in [0.717, 1.165) is 0 Å². The minimum Gasteiger partial charge on any atom is -0.336 e. The zero-order valence-electron chi connectivity index (χ0n) is 7.32. The van der Waals surface area contributed by atoms with Gasteiger partial charge < -0.3 is 4.84 Å². The first-order valence-electron chi connectivity index (χ1n) is 3.96. The lowest BCUT2D eigenvalue weighted by atomic mass is 10.4. The molecule has 0 aliphatic heterocycles. The van der Waals surface area contributed by atoms with Crippen LogP contribution in [0.3, 0.4) is 0 Å². The van der Waals surface area contributed by atoms with Gasteiger partial charge in [-0.1, -0.05) is 4.73 Å². The number of hydrogen-bond donors (Lipinski definition) is 0. The number of nitrogens with zero attached hydrogens (tertiary/aromatic N) is 2. The summed E-state index contributed by atoms with van der Waals surface area (Å²) < 4.78 is 3.82. The molecular weight excluding hydrogens is 140 g/mol. The molecular formula is C8H15N2O+. The highest BCUT2D eigenvalue weighted by molar-refractivity contribution is 4.61. The van der Waals surface area contributed by atoms with Gasteiger partial charge in [-0.15, -0.1) is 0 Å². The highest BCUT2D eigenvalue weighted by atomic mass is 16.7. The van der Waals surface area contributed by atoms with Crippen LogP contribution in [0.15, 0.2) is 18.7 Å². The molecule has 0 aromatic carbocycles. The van der Waals surface area contributed by atoms with E-state index in [9.17, 15) is 0 Å². The standard InChI is InChI=1S/C8H15N2O/c1-4-11-10-6-5-9(7-10)8(2)3/h5-8H,4H2,1-3H3/q+1. The lowest BCUT2D eigenvalue weighted by molar-refractivity contribution is -0.716. The summed E-state index contributed by atoms with van der Waals surface area (Å²) in [5.41, 5.74) is 0. The van der Waals surface area contributed by atoms with Gasteiger partial charge in [-0.2, -0.15) is 0 Å². The van der Waals surface area contributed by atoms with Gasteiger partial charge in [-0.3, -0.25) is 0 Å². The second-order valence-corrected chi connectivity index (χ2v) is 2.73. The van der Waals surface area contributed by atoms with E-state index in [-0.39, 0.29) is 0 Å². The second-order valence-electron chi connectivity index (χ2n) is 2.73. The summed E-state index contributed by atoms with van der Waals surface area (Å²) in [5, 5.41) is 0. The lowest BCUT2D eigenvalue weighted by Gasteiger charge is -1.96. The van der Waals surface area contributed by atoms with E-state index in [1.165, 1.54) is 0 Å². The summed E-state index contributed by atoms with van der Waals surface area (Å²) in [5.74, 6) is 0. The molecule has 1 heterocycles. The smallest absolute Gasteiger partial charge is 0.284 e. The molecule has 1 aromatic rings. The van der Waals surface area contributed by atoms with E-state index < -0.39 is 0 Å². The summed E-state index contributed by atoms with van der Waals surface area (Å²) in [6, 6.07) is 0.497. The zero-order chi connectivity index (χ0) is 8.27. The van der Waals surface area contributed by atoms with Gasteiger partial charge in [0.05, 0.1) is 6.04 Å². The van der Waals surface area contributed by atoms with Crippen molar-refractivity contribution in [2.75, 3.05) is 6.61 Å². The van der Waals surface area contributed by atoms with E-state index in [1.54, 1.807) is 4.73 Å². The largest absolute Gasteiger partial charge is 0.336 e. The average Bonchev–Trinajstić information content (AvgIpc) is 2.37. The number of hydrogen-bond acceptors (Lipinski definition) is 1. The van der Waals surface area contributed by atoms with Gasteiger partial charge >= 0.3 is 0 Å². The van der Waals surface area contributed by atoms with Crippen LogP contribution in [0.1, 0.15) is 26.8 Å². The Balaban J connectivity index is 2.66. The van der Waals surface area contributed by atoms with Crippen LogP contribution in [0.4, 0.5) is 0 Å². The molecule has 0 bridgehead atoms. The lowest BCUT2D eigenvalue weighted by Crippen LogP contribution is -2.33. The van der Waals surface area contributed by atoms with Gasteiger partial charge in [0, 0.05) is 0 Å². The van der Waals surface area contributed by atoms with Gasteiger partial charge in [-0.05, 0) is 20.8 Å². The van der Waals surface area contributed by atoms with Crippen molar-refractivity contribution in [2.24, 2.45) is 0 Å². The first kappa shape index (κ1) is 8.11. The Morgan fingerprint density at radius 3 is 2.73 bits per heavy atom. The molecule has 11 heavy (non-hydrogen) atoms. The third kappa shape index (κ3) is 1.97. The SMILES string of the molecule is CCOn1cc[n+](C(C)C)c1. The van der Waals surface area contributed by atoms with Crippen LogP contribution >= 0.6 is 0 Å². The molecule has 0 spiro atoms. The Kier molecular flexibility index (Phi) is 2.52. The first-order valence-corrected chi connectivity index (χ1v) is 3.96. The van der Waals surface area contributed by atoms with Crippen LogP contribution < -0.4 is 9.40 Å². The van der Waals surface area contributed by atoms with Gasteiger partial charge in [-0.25, -0.2) is 4.57 Å². The molecule has 3 heteroatoms. The Morgan fingerprint density at radius 1 is 1.55 bits per heavy atom. The molecule has 1 rings (SSSR count). The van der Waals surface area contributed by atoms with Crippen molar-refractivity contribution in [3.8, 4) is 0 Å². The van der Waals surface area contributed by atoms with Crippen molar-refractivity contribution >= 4 is 0 Å². The van der Waals surface area contributed by atoms with Crippen LogP contribution in [0.2, 0.25) is 0 Å². The molecule has 0 N–H and O–H groups in total. The Labute approximate surface area is 67.2 Å². The Hall–Kier alpha value is -0.990. The molecule has 0 amide bonds. The molecule has 3 nitrogen and oxygen atoms in total. The normalized spacial score (nSPS) is 10.5. The van der Waals surface area contributed by atoms with E-state index in [1.807, 2.05) is 25.6 Å². The van der Waals surface area contributed by atoms with Crippen molar-refractivity contribution in [2.45, 2.75) is 26.8 Å². The van der Waals surface area contributed by atoms with Gasteiger partial charge in [0.2, 0.25) is 0 Å². The van der Waals surface area contributed by atoms with Gasteiger partial charge in [0.15, 0.2) is 6.20 Å². The number of imidazole rings is 1. The Bertz CT molecular complexity index is 218. The molecule has 0 saturated carbocycles. The zero-order valence-corrected chi connectivity index (χ0v) is 7.32. The second kappa shape index (κ2) is 3.42. The molecule has 0 aliphatic rings. The van der Waals surface area contributed by atoms with Crippen molar-refractivity contribution in [3.63, 3.8) is 0 Å². The van der Waals surface area contributed by atoms with Crippen molar-refractivity contribution < 1.29 is 9.40 Å². The maximum atomic E-state index is 5.23. The average molecular weight is 155 g/mol. The van der Waals surface area contributed by atoms with Crippen LogP contribution in [0.25, 0.3) is 0 Å². The third-order valence-electron chi connectivity index (χ3n) is 1.51. The molecule has 0 fully saturated rings. The highest BCUT2D eigenvalue weighted by Crippen LogP contribution is 1.90. The molecule has 1 aromatic heterocycles. The Morgan fingerprint density at radius 2 is 2.27 bits per heavy atom. The highest BCUT2D eigenvalue weighted by Gasteiger charge is 2.05. The molecule has 0 radical (unpaired) electrons. The van der Waals surface area contributed by atoms with Gasteiger partial charge in [0.1, 0.15) is 12.8 Å². The molecule has 0 saturated heterocycles. The minimum absolute atomic E-state index is 0.497. The molecule has 62 valence electrons. The van der Waals surface area contributed by atoms with E-state index in [2.05, 4.69) is 18.4 Å². The van der Waals surface area contributed by atoms with Crippen molar-refractivity contribution in [3.05, 3.63) is 18.7 Å². The van der Waals surface area contributed by atoms with Crippen LogP contribution in [0, 0.1) is 0 Å². The third-order valence-corrected chi connectivity index (χ3v) is 1.51. The quantitative estimate of drug-likeness (QED) is 0.591. The van der Waals surface area contributed by atoms with E-state index in [0.29, 0.717) is 12.6 Å². The van der Waals surface area contributed by atoms with E-state index >= 15 is 0 Å². The summed E-state index contributed by atoms with van der Waals surface area (Å²) >= 11 is 0. The minimum atomic E-state index is 0.497. The van der Waals surface area contributed by atoms with Crippen LogP contribution in [0.5, 0.6) is 0 Å². The van der Waals surface area contributed by atoms with Crippen molar-refractivity contribution in [1.29, 1.82) is 0 Å². The topological polar surface area (TPSA) is 18.0 Å². The maximum absolute atomic E-state index is 5.23. The van der Waals surface area contributed by atoms with Crippen LogP contribution in [-0.2, 0) is 0 Å². The van der Waals surface area contributed by atoms with Crippen molar-refractivity contribution in [1.82, 2.24) is 4.73 Å². The summed E-state index contributed by atoms with van der Waals surface area (Å²) in [6.45, 7) is 6.94. The molecule has 0 unspecified atom stereocenters. The predicted octanol–water partition coefficient (Wildman–Crippen LogP) is 0.805. The summed E-state index contributed by atoms with van der Waals surface area (Å²) in [6.07, 6.45) is 5.85. The van der Waals surface area contributed by atoms with E-state index in [4.69, 9.17) is 4.84 Å². The first-order chi connectivity index (χ1) is 5.24. The molecule has 0 atom stereocenters. The fourth-order valence-corrected chi connectivity index (χ4v) is 0.882. The number of aromatic nitrogens is 2. The monoisotopic (exact) mass is 155 g/mol.